The van der Waals surface area contributed by atoms with Crippen molar-refractivity contribution in [2.45, 2.75) is 5.16 Å². The summed E-state index contributed by atoms with van der Waals surface area (Å²) in [5.41, 5.74) is 0.633. The molecule has 5 rings (SSSR count). The van der Waals surface area contributed by atoms with Crippen LogP contribution >= 0.6 is 27.7 Å². The minimum absolute atomic E-state index is 0.0394. The van der Waals surface area contributed by atoms with Gasteiger partial charge in [-0.25, -0.2) is 9.78 Å². The number of para-hydroxylation sites is 2. The molecule has 0 N–H and O–H groups in total. The lowest BCUT2D eigenvalue weighted by Crippen LogP contribution is -2.22. The second kappa shape index (κ2) is 8.80. The number of ketones is 1. The molecule has 0 aliphatic carbocycles. The van der Waals surface area contributed by atoms with Gasteiger partial charge < -0.3 is 4.42 Å². The number of thioether (sulfide) groups is 1. The van der Waals surface area contributed by atoms with Crippen molar-refractivity contribution >= 4 is 55.3 Å². The summed E-state index contributed by atoms with van der Waals surface area (Å²) in [5.74, 6) is -0.486. The number of rotatable bonds is 5. The number of Topliss-reactive ketones (excluding diaryl/α,β-unsaturated/α-hetero) is 1. The van der Waals surface area contributed by atoms with Crippen LogP contribution in [0.15, 0.2) is 102 Å². The summed E-state index contributed by atoms with van der Waals surface area (Å²) < 4.78 is 7.61. The van der Waals surface area contributed by atoms with E-state index in [0.717, 1.165) is 16.2 Å². The highest BCUT2D eigenvalue weighted by Gasteiger charge is 2.18. The maximum atomic E-state index is 13.3. The molecule has 0 aliphatic rings. The summed E-state index contributed by atoms with van der Waals surface area (Å²) in [6.07, 6.45) is 0. The quantitative estimate of drug-likeness (QED) is 0.137. The third-order valence-corrected chi connectivity index (χ3v) is 6.52. The van der Waals surface area contributed by atoms with E-state index in [2.05, 4.69) is 20.9 Å². The van der Waals surface area contributed by atoms with E-state index in [1.54, 1.807) is 54.6 Å². The first-order valence-corrected chi connectivity index (χ1v) is 11.8. The van der Waals surface area contributed by atoms with Crippen molar-refractivity contribution in [1.82, 2.24) is 9.55 Å². The third-order valence-electron chi connectivity index (χ3n) is 5.09. The summed E-state index contributed by atoms with van der Waals surface area (Å²) in [6, 6.07) is 22.9. The summed E-state index contributed by atoms with van der Waals surface area (Å²) in [4.78, 5) is 43.2. The molecule has 0 radical (unpaired) electrons. The standard InChI is InChI=1S/C25H15BrN2O4S/c26-16-10-11-22-15(12-16)13-19(24(31)32-22)21(29)14-33-25-27-20-9-5-4-8-18(20)23(30)28(25)17-6-2-1-3-7-17/h1-13H,14H2. The Kier molecular flexibility index (Phi) is 5.70. The lowest BCUT2D eigenvalue weighted by Gasteiger charge is -2.13. The van der Waals surface area contributed by atoms with Crippen LogP contribution in [0.1, 0.15) is 10.4 Å². The molecule has 8 heteroatoms. The topological polar surface area (TPSA) is 82.2 Å². The average Bonchev–Trinajstić information content (AvgIpc) is 2.83. The molecule has 0 unspecified atom stereocenters. The number of carbonyl (C=O) groups excluding carboxylic acids is 1. The smallest absolute Gasteiger partial charge is 0.347 e. The van der Waals surface area contributed by atoms with Crippen LogP contribution in [0.2, 0.25) is 0 Å². The molecule has 3 aromatic carbocycles. The van der Waals surface area contributed by atoms with Gasteiger partial charge in [0.15, 0.2) is 10.9 Å². The summed E-state index contributed by atoms with van der Waals surface area (Å²) >= 11 is 4.48. The minimum Gasteiger partial charge on any atom is -0.422 e. The molecule has 0 saturated carbocycles. The Morgan fingerprint density at radius 1 is 0.970 bits per heavy atom. The van der Waals surface area contributed by atoms with Gasteiger partial charge in [-0.1, -0.05) is 58.0 Å². The lowest BCUT2D eigenvalue weighted by atomic mass is 10.1. The van der Waals surface area contributed by atoms with Crippen molar-refractivity contribution < 1.29 is 9.21 Å². The Morgan fingerprint density at radius 2 is 1.73 bits per heavy atom. The van der Waals surface area contributed by atoms with Crippen LogP contribution in [0.4, 0.5) is 0 Å². The van der Waals surface area contributed by atoms with E-state index in [1.807, 2.05) is 18.2 Å². The molecule has 0 aliphatic heterocycles. The number of aromatic nitrogens is 2. The molecule has 33 heavy (non-hydrogen) atoms. The van der Waals surface area contributed by atoms with Crippen LogP contribution in [-0.2, 0) is 0 Å². The Hall–Kier alpha value is -3.49. The van der Waals surface area contributed by atoms with Gasteiger partial charge in [0.2, 0.25) is 0 Å². The molecule has 162 valence electrons. The Labute approximate surface area is 200 Å². The van der Waals surface area contributed by atoms with Crippen LogP contribution in [-0.4, -0.2) is 21.1 Å². The van der Waals surface area contributed by atoms with Crippen LogP contribution < -0.4 is 11.2 Å². The van der Waals surface area contributed by atoms with Gasteiger partial charge in [-0.3, -0.25) is 14.2 Å². The van der Waals surface area contributed by atoms with E-state index in [9.17, 15) is 14.4 Å². The Bertz CT molecular complexity index is 1640. The summed E-state index contributed by atoms with van der Waals surface area (Å²) in [6.45, 7) is 0. The van der Waals surface area contributed by atoms with Gasteiger partial charge in [0.05, 0.1) is 22.3 Å². The predicted molar refractivity (Wildman–Crippen MR) is 133 cm³/mol. The first kappa shape index (κ1) is 21.4. The fourth-order valence-corrected chi connectivity index (χ4v) is 4.79. The predicted octanol–water partition coefficient (Wildman–Crippen LogP) is 5.23. The molecular weight excluding hydrogens is 504 g/mol. The number of hydrogen-bond donors (Lipinski definition) is 0. The number of hydrogen-bond acceptors (Lipinski definition) is 6. The van der Waals surface area contributed by atoms with E-state index in [1.165, 1.54) is 10.6 Å². The van der Waals surface area contributed by atoms with Crippen molar-refractivity contribution in [1.29, 1.82) is 0 Å². The van der Waals surface area contributed by atoms with E-state index in [-0.39, 0.29) is 16.9 Å². The van der Waals surface area contributed by atoms with Gasteiger partial charge in [0.25, 0.3) is 5.56 Å². The first-order valence-electron chi connectivity index (χ1n) is 9.98. The summed E-state index contributed by atoms with van der Waals surface area (Å²) in [5, 5.41) is 1.49. The van der Waals surface area contributed by atoms with Crippen LogP contribution in [0.5, 0.6) is 0 Å². The van der Waals surface area contributed by atoms with Gasteiger partial charge in [-0.05, 0) is 48.5 Å². The van der Waals surface area contributed by atoms with Crippen molar-refractivity contribution in [3.63, 3.8) is 0 Å². The molecule has 6 nitrogen and oxygen atoms in total. The summed E-state index contributed by atoms with van der Waals surface area (Å²) in [7, 11) is 0. The fourth-order valence-electron chi connectivity index (χ4n) is 3.51. The van der Waals surface area contributed by atoms with Crippen LogP contribution in [0.3, 0.4) is 0 Å². The van der Waals surface area contributed by atoms with Crippen LogP contribution in [0.25, 0.3) is 27.6 Å². The number of fused-ring (bicyclic) bond motifs is 2. The number of benzene rings is 3. The zero-order valence-electron chi connectivity index (χ0n) is 17.0. The normalized spacial score (nSPS) is 11.2. The van der Waals surface area contributed by atoms with Gasteiger partial charge >= 0.3 is 5.63 Å². The van der Waals surface area contributed by atoms with E-state index >= 15 is 0 Å². The van der Waals surface area contributed by atoms with Crippen molar-refractivity contribution in [3.8, 4) is 5.69 Å². The number of halogens is 1. The van der Waals surface area contributed by atoms with Crippen molar-refractivity contribution in [2.75, 3.05) is 5.75 Å². The highest BCUT2D eigenvalue weighted by molar-refractivity contribution is 9.10. The average molecular weight is 519 g/mol. The Morgan fingerprint density at radius 3 is 2.55 bits per heavy atom. The molecule has 0 amide bonds. The molecule has 0 bridgehead atoms. The van der Waals surface area contributed by atoms with Gasteiger partial charge in [0.1, 0.15) is 11.1 Å². The van der Waals surface area contributed by atoms with Crippen LogP contribution in [0, 0.1) is 0 Å². The van der Waals surface area contributed by atoms with Gasteiger partial charge in [-0.2, -0.15) is 0 Å². The minimum atomic E-state index is -0.692. The fraction of sp³-hybridized carbons (Fsp3) is 0.0400. The second-order valence-corrected chi connectivity index (χ2v) is 9.09. The second-order valence-electron chi connectivity index (χ2n) is 7.23. The molecule has 0 spiro atoms. The highest BCUT2D eigenvalue weighted by atomic mass is 79.9. The monoisotopic (exact) mass is 518 g/mol. The zero-order valence-corrected chi connectivity index (χ0v) is 19.4. The first-order chi connectivity index (χ1) is 16.0. The molecule has 2 heterocycles. The lowest BCUT2D eigenvalue weighted by molar-refractivity contribution is 0.101. The molecule has 5 aromatic rings. The highest BCUT2D eigenvalue weighted by Crippen LogP contribution is 2.23. The third kappa shape index (κ3) is 4.15. The molecule has 0 fully saturated rings. The van der Waals surface area contributed by atoms with Crippen molar-refractivity contribution in [2.24, 2.45) is 0 Å². The van der Waals surface area contributed by atoms with Gasteiger partial charge in [-0.15, -0.1) is 0 Å². The molecule has 0 saturated heterocycles. The molecule has 2 aromatic heterocycles. The van der Waals surface area contributed by atoms with Crippen molar-refractivity contribution in [3.05, 3.63) is 110 Å². The number of carbonyl (C=O) groups is 1. The maximum absolute atomic E-state index is 13.3. The zero-order chi connectivity index (χ0) is 22.9. The SMILES string of the molecule is O=C(CSc1nc2ccccc2c(=O)n1-c1ccccc1)c1cc2cc(Br)ccc2oc1=O. The van der Waals surface area contributed by atoms with E-state index < -0.39 is 11.4 Å². The largest absolute Gasteiger partial charge is 0.422 e. The molecule has 0 atom stereocenters. The maximum Gasteiger partial charge on any atom is 0.347 e. The Balaban J connectivity index is 1.54. The van der Waals surface area contributed by atoms with E-state index in [4.69, 9.17) is 4.42 Å². The van der Waals surface area contributed by atoms with Gasteiger partial charge in [0, 0.05) is 9.86 Å². The van der Waals surface area contributed by atoms with E-state index in [0.29, 0.717) is 32.7 Å². The molecular formula is C25H15BrN2O4S. The number of nitrogens with zero attached hydrogens (tertiary/aromatic N) is 2.